The van der Waals surface area contributed by atoms with E-state index in [1.807, 2.05) is 0 Å². The Labute approximate surface area is 118 Å². The molecule has 0 aliphatic heterocycles. The standard InChI is InChI=1S/C11H14N2O6S/c1-3-19-10(18)8(15)7(14)5-4-12-11(20-2)13-6(5)9(16)17/h4,7-8,14-15H,3H2,1-2H3,(H,16,17). The number of ether oxygens (including phenoxy) is 1. The zero-order chi connectivity index (χ0) is 15.3. The van der Waals surface area contributed by atoms with Gasteiger partial charge in [-0.1, -0.05) is 11.8 Å². The van der Waals surface area contributed by atoms with Crippen molar-refractivity contribution in [3.63, 3.8) is 0 Å². The highest BCUT2D eigenvalue weighted by molar-refractivity contribution is 7.98. The van der Waals surface area contributed by atoms with Gasteiger partial charge in [-0.15, -0.1) is 0 Å². The van der Waals surface area contributed by atoms with Crippen LogP contribution in [0.2, 0.25) is 0 Å². The van der Waals surface area contributed by atoms with Crippen molar-refractivity contribution in [1.82, 2.24) is 9.97 Å². The van der Waals surface area contributed by atoms with Gasteiger partial charge in [-0.2, -0.15) is 0 Å². The van der Waals surface area contributed by atoms with E-state index in [4.69, 9.17) is 5.11 Å². The van der Waals surface area contributed by atoms with Crippen molar-refractivity contribution in [2.24, 2.45) is 0 Å². The summed E-state index contributed by atoms with van der Waals surface area (Å²) >= 11 is 1.12. The molecule has 1 rings (SSSR count). The number of thioether (sulfide) groups is 1. The van der Waals surface area contributed by atoms with Crippen molar-refractivity contribution in [3.05, 3.63) is 17.5 Å². The minimum absolute atomic E-state index is 0.0241. The van der Waals surface area contributed by atoms with Crippen LogP contribution in [-0.4, -0.2) is 56.2 Å². The fourth-order valence-corrected chi connectivity index (χ4v) is 1.73. The Balaban J connectivity index is 3.11. The highest BCUT2D eigenvalue weighted by Gasteiger charge is 2.31. The molecule has 1 heterocycles. The fourth-order valence-electron chi connectivity index (χ4n) is 1.39. The molecule has 2 atom stereocenters. The molecule has 110 valence electrons. The van der Waals surface area contributed by atoms with Gasteiger partial charge in [-0.25, -0.2) is 19.6 Å². The summed E-state index contributed by atoms with van der Waals surface area (Å²) in [5, 5.41) is 28.8. The van der Waals surface area contributed by atoms with Crippen LogP contribution in [0, 0.1) is 0 Å². The van der Waals surface area contributed by atoms with Gasteiger partial charge in [-0.05, 0) is 13.2 Å². The number of aromatic carboxylic acids is 1. The number of aliphatic hydroxyl groups is 2. The zero-order valence-electron chi connectivity index (χ0n) is 10.8. The SMILES string of the molecule is CCOC(=O)C(O)C(O)c1cnc(SC)nc1C(=O)O. The molecule has 2 unspecified atom stereocenters. The Hall–Kier alpha value is -1.71. The smallest absolute Gasteiger partial charge is 0.355 e. The van der Waals surface area contributed by atoms with E-state index >= 15 is 0 Å². The Kier molecular flexibility index (Phi) is 5.86. The monoisotopic (exact) mass is 302 g/mol. The first-order valence-electron chi connectivity index (χ1n) is 5.59. The van der Waals surface area contributed by atoms with Gasteiger partial charge in [0, 0.05) is 11.8 Å². The van der Waals surface area contributed by atoms with Crippen molar-refractivity contribution < 1.29 is 29.6 Å². The van der Waals surface area contributed by atoms with Crippen LogP contribution in [0.4, 0.5) is 0 Å². The van der Waals surface area contributed by atoms with Crippen LogP contribution in [0.15, 0.2) is 11.4 Å². The van der Waals surface area contributed by atoms with E-state index in [0.717, 1.165) is 18.0 Å². The molecule has 8 nitrogen and oxygen atoms in total. The molecule has 0 saturated heterocycles. The number of aromatic nitrogens is 2. The predicted octanol–water partition coefficient (Wildman–Crippen LogP) is -0.146. The van der Waals surface area contributed by atoms with Gasteiger partial charge in [0.25, 0.3) is 0 Å². The van der Waals surface area contributed by atoms with Gasteiger partial charge in [0.1, 0.15) is 6.10 Å². The molecule has 0 fully saturated rings. The number of hydrogen-bond donors (Lipinski definition) is 3. The molecule has 0 aromatic carbocycles. The first-order valence-corrected chi connectivity index (χ1v) is 6.81. The van der Waals surface area contributed by atoms with Crippen LogP contribution in [0.1, 0.15) is 29.1 Å². The number of hydrogen-bond acceptors (Lipinski definition) is 8. The van der Waals surface area contributed by atoms with Gasteiger partial charge in [0.05, 0.1) is 6.61 Å². The molecule has 1 aromatic heterocycles. The topological polar surface area (TPSA) is 130 Å². The summed E-state index contributed by atoms with van der Waals surface area (Å²) < 4.78 is 4.55. The number of aliphatic hydroxyl groups excluding tert-OH is 2. The van der Waals surface area contributed by atoms with Gasteiger partial charge >= 0.3 is 11.9 Å². The lowest BCUT2D eigenvalue weighted by molar-refractivity contribution is -0.159. The van der Waals surface area contributed by atoms with Crippen LogP contribution in [0.25, 0.3) is 0 Å². The van der Waals surface area contributed by atoms with E-state index in [2.05, 4.69) is 14.7 Å². The normalized spacial score (nSPS) is 13.6. The molecule has 3 N–H and O–H groups in total. The van der Waals surface area contributed by atoms with Crippen LogP contribution < -0.4 is 0 Å². The van der Waals surface area contributed by atoms with Crippen molar-refractivity contribution >= 4 is 23.7 Å². The minimum atomic E-state index is -1.91. The maximum Gasteiger partial charge on any atom is 0.355 e. The third-order valence-corrected chi connectivity index (χ3v) is 2.89. The van der Waals surface area contributed by atoms with Crippen molar-refractivity contribution in [2.45, 2.75) is 24.3 Å². The van der Waals surface area contributed by atoms with Gasteiger partial charge < -0.3 is 20.1 Å². The number of carboxylic acid groups (broad SMARTS) is 1. The highest BCUT2D eigenvalue weighted by atomic mass is 32.2. The maximum atomic E-state index is 11.3. The Bertz CT molecular complexity index is 510. The molecule has 20 heavy (non-hydrogen) atoms. The number of carboxylic acids is 1. The molecule has 1 aromatic rings. The Morgan fingerprint density at radius 1 is 1.45 bits per heavy atom. The number of carbonyl (C=O) groups is 2. The molecule has 0 aliphatic carbocycles. The summed E-state index contributed by atoms with van der Waals surface area (Å²) in [7, 11) is 0. The molecular formula is C11H14N2O6S. The summed E-state index contributed by atoms with van der Waals surface area (Å²) in [5.74, 6) is -2.45. The van der Waals surface area contributed by atoms with Crippen molar-refractivity contribution in [2.75, 3.05) is 12.9 Å². The van der Waals surface area contributed by atoms with Crippen LogP contribution in [0.3, 0.4) is 0 Å². The summed E-state index contributed by atoms with van der Waals surface area (Å²) in [6.07, 6.45) is -0.965. The Morgan fingerprint density at radius 2 is 2.10 bits per heavy atom. The van der Waals surface area contributed by atoms with Crippen LogP contribution in [0.5, 0.6) is 0 Å². The first-order chi connectivity index (χ1) is 9.42. The maximum absolute atomic E-state index is 11.3. The lowest BCUT2D eigenvalue weighted by Gasteiger charge is -2.17. The quantitative estimate of drug-likeness (QED) is 0.373. The number of rotatable bonds is 6. The Morgan fingerprint density at radius 3 is 2.60 bits per heavy atom. The third kappa shape index (κ3) is 3.65. The van der Waals surface area contributed by atoms with E-state index in [0.29, 0.717) is 0 Å². The van der Waals surface area contributed by atoms with Crippen molar-refractivity contribution in [1.29, 1.82) is 0 Å². The minimum Gasteiger partial charge on any atom is -0.476 e. The zero-order valence-corrected chi connectivity index (χ0v) is 11.6. The number of esters is 1. The average Bonchev–Trinajstić information content (AvgIpc) is 2.45. The molecule has 0 aliphatic rings. The lowest BCUT2D eigenvalue weighted by Crippen LogP contribution is -2.31. The molecule has 0 spiro atoms. The van der Waals surface area contributed by atoms with Crippen LogP contribution in [-0.2, 0) is 9.53 Å². The van der Waals surface area contributed by atoms with E-state index in [9.17, 15) is 19.8 Å². The van der Waals surface area contributed by atoms with Gasteiger partial charge in [-0.3, -0.25) is 0 Å². The van der Waals surface area contributed by atoms with Gasteiger partial charge in [0.15, 0.2) is 17.0 Å². The van der Waals surface area contributed by atoms with E-state index in [1.165, 1.54) is 6.92 Å². The second kappa shape index (κ2) is 7.17. The molecule has 0 amide bonds. The largest absolute Gasteiger partial charge is 0.476 e. The molecule has 0 bridgehead atoms. The summed E-state index contributed by atoms with van der Waals surface area (Å²) in [6, 6.07) is 0. The van der Waals surface area contributed by atoms with Crippen LogP contribution >= 0.6 is 11.8 Å². The second-order valence-electron chi connectivity index (χ2n) is 3.61. The van der Waals surface area contributed by atoms with E-state index < -0.39 is 29.8 Å². The molecule has 0 saturated carbocycles. The molecule has 9 heteroatoms. The lowest BCUT2D eigenvalue weighted by atomic mass is 10.0. The third-order valence-electron chi connectivity index (χ3n) is 2.33. The van der Waals surface area contributed by atoms with Crippen molar-refractivity contribution in [3.8, 4) is 0 Å². The second-order valence-corrected chi connectivity index (χ2v) is 4.38. The highest BCUT2D eigenvalue weighted by Crippen LogP contribution is 2.22. The molecule has 0 radical (unpaired) electrons. The first kappa shape index (κ1) is 16.3. The predicted molar refractivity (Wildman–Crippen MR) is 68.4 cm³/mol. The average molecular weight is 302 g/mol. The summed E-state index contributed by atoms with van der Waals surface area (Å²) in [4.78, 5) is 30.0. The van der Waals surface area contributed by atoms with E-state index in [-0.39, 0.29) is 17.3 Å². The summed E-state index contributed by atoms with van der Waals surface area (Å²) in [5.41, 5.74) is -0.726. The fraction of sp³-hybridized carbons (Fsp3) is 0.455. The molecular weight excluding hydrogens is 288 g/mol. The summed E-state index contributed by atoms with van der Waals surface area (Å²) in [6.45, 7) is 1.56. The number of nitrogens with zero attached hydrogens (tertiary/aromatic N) is 2. The van der Waals surface area contributed by atoms with E-state index in [1.54, 1.807) is 6.26 Å². The van der Waals surface area contributed by atoms with Gasteiger partial charge in [0.2, 0.25) is 0 Å². The number of carbonyl (C=O) groups excluding carboxylic acids is 1.